The molecule has 0 amide bonds. The number of hydrogen-bond acceptors (Lipinski definition) is 6. The number of rotatable bonds is 5. The molecule has 6 nitrogen and oxygen atoms in total. The number of thiophene rings is 1. The van der Waals surface area contributed by atoms with Crippen LogP contribution < -0.4 is 4.90 Å². The van der Waals surface area contributed by atoms with E-state index in [1.165, 1.54) is 17.7 Å². The van der Waals surface area contributed by atoms with E-state index >= 15 is 0 Å². The second-order valence-electron chi connectivity index (χ2n) is 6.61. The fourth-order valence-electron chi connectivity index (χ4n) is 3.52. The quantitative estimate of drug-likeness (QED) is 0.524. The van der Waals surface area contributed by atoms with Gasteiger partial charge in [-0.25, -0.2) is 4.98 Å². The fraction of sp³-hybridized carbons (Fsp3) is 0.190. The van der Waals surface area contributed by atoms with Gasteiger partial charge in [-0.2, -0.15) is 10.4 Å². The number of ether oxygens (including phenoxy) is 1. The van der Waals surface area contributed by atoms with Gasteiger partial charge in [-0.1, -0.05) is 41.4 Å². The third-order valence-electron chi connectivity index (χ3n) is 4.90. The van der Waals surface area contributed by atoms with Crippen molar-refractivity contribution >= 4 is 39.5 Å². The second kappa shape index (κ2) is 8.62. The van der Waals surface area contributed by atoms with Crippen LogP contribution in [0.4, 0.5) is 5.00 Å². The van der Waals surface area contributed by atoms with Crippen LogP contribution in [0.3, 0.4) is 0 Å². The van der Waals surface area contributed by atoms with E-state index in [1.807, 2.05) is 18.2 Å². The van der Waals surface area contributed by atoms with Gasteiger partial charge in [-0.3, -0.25) is 5.10 Å². The van der Waals surface area contributed by atoms with E-state index in [0.29, 0.717) is 45.8 Å². The van der Waals surface area contributed by atoms with Gasteiger partial charge in [0.15, 0.2) is 5.82 Å². The molecular formula is C21H17Cl2N5OS. The molecular weight excluding hydrogens is 441 g/mol. The van der Waals surface area contributed by atoms with Crippen molar-refractivity contribution in [3.63, 3.8) is 0 Å². The van der Waals surface area contributed by atoms with Crippen LogP contribution in [-0.2, 0) is 4.74 Å². The third kappa shape index (κ3) is 3.53. The highest BCUT2D eigenvalue weighted by atomic mass is 35.5. The number of morpholine rings is 1. The lowest BCUT2D eigenvalue weighted by molar-refractivity contribution is 0.0896. The lowest BCUT2D eigenvalue weighted by Crippen LogP contribution is -2.50. The largest absolute Gasteiger partial charge is 0.376 e. The molecule has 1 aromatic carbocycles. The number of anilines is 1. The Bertz CT molecular complexity index is 1120. The summed E-state index contributed by atoms with van der Waals surface area (Å²) in [7, 11) is 0. The predicted molar refractivity (Wildman–Crippen MR) is 121 cm³/mol. The van der Waals surface area contributed by atoms with Crippen LogP contribution >= 0.6 is 34.5 Å². The molecule has 1 N–H and O–H groups in total. The Morgan fingerprint density at radius 2 is 2.00 bits per heavy atom. The summed E-state index contributed by atoms with van der Waals surface area (Å²) in [5.74, 6) is 0.558. The van der Waals surface area contributed by atoms with E-state index in [-0.39, 0.29) is 12.1 Å². The van der Waals surface area contributed by atoms with E-state index < -0.39 is 0 Å². The number of nitrogens with zero attached hydrogens (tertiary/aromatic N) is 4. The first kappa shape index (κ1) is 20.6. The Labute approximate surface area is 188 Å². The van der Waals surface area contributed by atoms with Crippen molar-refractivity contribution in [2.24, 2.45) is 0 Å². The highest BCUT2D eigenvalue weighted by molar-refractivity contribution is 7.20. The van der Waals surface area contributed by atoms with Crippen LogP contribution in [0.5, 0.6) is 0 Å². The summed E-state index contributed by atoms with van der Waals surface area (Å²) >= 11 is 14.1. The van der Waals surface area contributed by atoms with Gasteiger partial charge in [0.1, 0.15) is 17.4 Å². The normalized spacial score (nSPS) is 18.8. The minimum absolute atomic E-state index is 0.108. The summed E-state index contributed by atoms with van der Waals surface area (Å²) in [5.41, 5.74) is 1.88. The minimum atomic E-state index is -0.108. The van der Waals surface area contributed by atoms with Crippen molar-refractivity contribution in [1.82, 2.24) is 15.2 Å². The number of aromatic nitrogens is 3. The Hall–Kier alpha value is -2.63. The first-order valence-corrected chi connectivity index (χ1v) is 10.7. The summed E-state index contributed by atoms with van der Waals surface area (Å²) in [6.45, 7) is 8.85. The smallest absolute Gasteiger partial charge is 0.166 e. The zero-order valence-electron chi connectivity index (χ0n) is 15.8. The molecule has 1 aliphatic rings. The maximum atomic E-state index is 10.2. The van der Waals surface area contributed by atoms with Gasteiger partial charge in [0.05, 0.1) is 35.7 Å². The number of halogens is 2. The monoisotopic (exact) mass is 457 g/mol. The second-order valence-corrected chi connectivity index (χ2v) is 8.45. The first-order chi connectivity index (χ1) is 14.6. The number of benzene rings is 1. The molecule has 30 heavy (non-hydrogen) atoms. The third-order valence-corrected chi connectivity index (χ3v) is 6.66. The van der Waals surface area contributed by atoms with Crippen LogP contribution in [0.1, 0.15) is 5.56 Å². The summed E-state index contributed by atoms with van der Waals surface area (Å²) in [6, 6.07) is 7.39. The van der Waals surface area contributed by atoms with Gasteiger partial charge in [0.25, 0.3) is 0 Å². The number of H-pyrrole nitrogens is 1. The maximum Gasteiger partial charge on any atom is 0.166 e. The van der Waals surface area contributed by atoms with Gasteiger partial charge in [-0.15, -0.1) is 24.5 Å². The fourth-order valence-corrected chi connectivity index (χ4v) is 5.35. The van der Waals surface area contributed by atoms with Gasteiger partial charge < -0.3 is 9.64 Å². The molecule has 3 heterocycles. The van der Waals surface area contributed by atoms with Crippen LogP contribution in [0, 0.1) is 11.3 Å². The average Bonchev–Trinajstić information content (AvgIpc) is 3.40. The summed E-state index contributed by atoms with van der Waals surface area (Å²) in [5, 5.41) is 18.8. The Morgan fingerprint density at radius 1 is 1.27 bits per heavy atom. The Morgan fingerprint density at radius 3 is 2.57 bits per heavy atom. The summed E-state index contributed by atoms with van der Waals surface area (Å²) in [4.78, 5) is 7.20. The van der Waals surface area contributed by atoms with Crippen LogP contribution in [0.15, 0.2) is 49.8 Å². The number of aromatic amines is 1. The van der Waals surface area contributed by atoms with Crippen molar-refractivity contribution in [1.29, 1.82) is 5.26 Å². The highest BCUT2D eigenvalue weighted by Crippen LogP contribution is 2.49. The average molecular weight is 458 g/mol. The standard InChI is InChI=1S/C21H17Cl2N5OS/c1-3-13-9-29-10-14(4-2)28(13)21-16(8-24)18(15-6-5-12(22)7-17(15)23)19(30-21)20-25-11-26-27-20/h3-7,11,13-14H,1-2,9-10H2,(H,25,26,27)/t13-,14+. The topological polar surface area (TPSA) is 77.8 Å². The number of nitriles is 1. The van der Waals surface area contributed by atoms with Crippen molar-refractivity contribution in [2.45, 2.75) is 12.1 Å². The van der Waals surface area contributed by atoms with Crippen LogP contribution in [-0.4, -0.2) is 40.5 Å². The molecule has 1 fully saturated rings. The molecule has 2 aromatic heterocycles. The zero-order chi connectivity index (χ0) is 21.3. The Kier molecular flexibility index (Phi) is 5.93. The summed E-state index contributed by atoms with van der Waals surface area (Å²) < 4.78 is 5.70. The summed E-state index contributed by atoms with van der Waals surface area (Å²) in [6.07, 6.45) is 5.07. The molecule has 0 radical (unpaired) electrons. The number of hydrogen-bond donors (Lipinski definition) is 1. The zero-order valence-corrected chi connectivity index (χ0v) is 18.1. The van der Waals surface area contributed by atoms with Crippen molar-refractivity contribution in [2.75, 3.05) is 18.1 Å². The molecule has 0 bridgehead atoms. The molecule has 4 rings (SSSR count). The lowest BCUT2D eigenvalue weighted by Gasteiger charge is -2.40. The lowest BCUT2D eigenvalue weighted by atomic mass is 10.00. The molecule has 0 spiro atoms. The molecule has 3 aromatic rings. The van der Waals surface area contributed by atoms with Crippen molar-refractivity contribution in [3.8, 4) is 27.9 Å². The van der Waals surface area contributed by atoms with E-state index in [0.717, 1.165) is 9.88 Å². The van der Waals surface area contributed by atoms with Crippen molar-refractivity contribution < 1.29 is 4.74 Å². The van der Waals surface area contributed by atoms with E-state index in [2.05, 4.69) is 39.3 Å². The van der Waals surface area contributed by atoms with Crippen LogP contribution in [0.2, 0.25) is 10.0 Å². The molecule has 152 valence electrons. The van der Waals surface area contributed by atoms with Gasteiger partial charge >= 0.3 is 0 Å². The highest BCUT2D eigenvalue weighted by Gasteiger charge is 2.34. The van der Waals surface area contributed by atoms with Crippen molar-refractivity contribution in [3.05, 3.63) is 65.4 Å². The first-order valence-electron chi connectivity index (χ1n) is 9.08. The maximum absolute atomic E-state index is 10.2. The minimum Gasteiger partial charge on any atom is -0.376 e. The number of nitrogens with one attached hydrogen (secondary N) is 1. The predicted octanol–water partition coefficient (Wildman–Crippen LogP) is 5.32. The van der Waals surface area contributed by atoms with E-state index in [4.69, 9.17) is 27.9 Å². The van der Waals surface area contributed by atoms with E-state index in [1.54, 1.807) is 12.1 Å². The van der Waals surface area contributed by atoms with E-state index in [9.17, 15) is 5.26 Å². The van der Waals surface area contributed by atoms with Gasteiger partial charge in [-0.05, 0) is 12.1 Å². The molecule has 0 saturated carbocycles. The SMILES string of the molecule is C=C[C@@H]1COC[C@H](C=C)N1c1sc(-c2ncn[nH]2)c(-c2ccc(Cl)cc2Cl)c1C#N. The molecule has 1 saturated heterocycles. The molecule has 0 unspecified atom stereocenters. The van der Waals surface area contributed by atoms with Crippen LogP contribution in [0.25, 0.3) is 21.8 Å². The molecule has 9 heteroatoms. The molecule has 0 aliphatic carbocycles. The van der Waals surface area contributed by atoms with Gasteiger partial charge in [0.2, 0.25) is 0 Å². The van der Waals surface area contributed by atoms with Gasteiger partial charge in [0, 0.05) is 21.2 Å². The Balaban J connectivity index is 2.00. The molecule has 2 atom stereocenters. The molecule has 1 aliphatic heterocycles.